The third-order valence-electron chi connectivity index (χ3n) is 1.24. The van der Waals surface area contributed by atoms with Crippen molar-refractivity contribution >= 4 is 23.2 Å². The summed E-state index contributed by atoms with van der Waals surface area (Å²) in [5.74, 6) is 0. The Morgan fingerprint density at radius 3 is 1.31 bits per heavy atom. The molecule has 0 aromatic heterocycles. The number of hydrogen-bond acceptors (Lipinski definition) is 0. The van der Waals surface area contributed by atoms with E-state index in [-0.39, 0.29) is 19.5 Å². The summed E-state index contributed by atoms with van der Waals surface area (Å²) in [5, 5.41) is 1.63. The number of hydrogen-bond donors (Lipinski definition) is 0. The molecule has 0 unspecified atom stereocenters. The van der Waals surface area contributed by atoms with Crippen molar-refractivity contribution in [1.82, 2.24) is 0 Å². The van der Waals surface area contributed by atoms with Gasteiger partial charge in [-0.15, -0.1) is 23.2 Å². The average Bonchev–Trinajstić information content (AvgIpc) is 2.63. The molecule has 0 nitrogen and oxygen atoms in total. The van der Waals surface area contributed by atoms with Crippen LogP contribution < -0.4 is 0 Å². The van der Waals surface area contributed by atoms with Crippen LogP contribution in [0.5, 0.6) is 0 Å². The Bertz CT molecular complexity index is 252. The van der Waals surface area contributed by atoms with Gasteiger partial charge in [-0.3, -0.25) is 0 Å². The van der Waals surface area contributed by atoms with E-state index < -0.39 is 0 Å². The summed E-state index contributed by atoms with van der Waals surface area (Å²) in [4.78, 5) is 0. The van der Waals surface area contributed by atoms with Crippen LogP contribution in [0, 0.1) is 0 Å². The summed E-state index contributed by atoms with van der Waals surface area (Å²) in [5.41, 5.74) is 0. The third kappa shape index (κ3) is 6.04. The van der Waals surface area contributed by atoms with Gasteiger partial charge in [0.25, 0.3) is 0 Å². The van der Waals surface area contributed by atoms with Gasteiger partial charge in [-0.05, 0) is 0 Å². The molecule has 0 heterocycles. The summed E-state index contributed by atoms with van der Waals surface area (Å²) < 4.78 is 0. The Morgan fingerprint density at radius 2 is 1.23 bits per heavy atom. The smallest absolute Gasteiger partial charge is 0.212 e. The Labute approximate surface area is 101 Å². The molecule has 0 amide bonds. The molecule has 3 heteroatoms. The molecule has 2 aromatic carbocycles. The monoisotopic (exact) mass is 300 g/mol. The molecule has 0 spiro atoms. The summed E-state index contributed by atoms with van der Waals surface area (Å²) in [7, 11) is 0. The van der Waals surface area contributed by atoms with Crippen molar-refractivity contribution in [2.45, 2.75) is 0 Å². The minimum absolute atomic E-state index is 0. The zero-order chi connectivity index (χ0) is 8.81. The Morgan fingerprint density at radius 1 is 0.846 bits per heavy atom. The van der Waals surface area contributed by atoms with Gasteiger partial charge in [-0.1, -0.05) is 10.0 Å². The second-order valence-corrected chi connectivity index (χ2v) is 3.08. The van der Waals surface area contributed by atoms with Crippen LogP contribution in [0.15, 0.2) is 48.5 Å². The molecular formula is C10H8Cl2Ru. The maximum Gasteiger partial charge on any atom is 2.00 e. The summed E-state index contributed by atoms with van der Waals surface area (Å²) in [6, 6.07) is 15.0. The van der Waals surface area contributed by atoms with Gasteiger partial charge >= 0.3 is 19.5 Å². The molecule has 2 aromatic rings. The molecule has 0 saturated heterocycles. The molecule has 13 heavy (non-hydrogen) atoms. The molecule has 0 fully saturated rings. The van der Waals surface area contributed by atoms with Crippen LogP contribution >= 0.6 is 23.2 Å². The average molecular weight is 300 g/mol. The third-order valence-corrected chi connectivity index (χ3v) is 1.75. The van der Waals surface area contributed by atoms with E-state index in [4.69, 9.17) is 23.2 Å². The van der Waals surface area contributed by atoms with Gasteiger partial charge in [-0.25, -0.2) is 12.1 Å². The first-order chi connectivity index (χ1) is 5.79. The fourth-order valence-corrected chi connectivity index (χ4v) is 0.992. The van der Waals surface area contributed by atoms with Crippen molar-refractivity contribution in [1.29, 1.82) is 0 Å². The number of halogens is 2. The van der Waals surface area contributed by atoms with Gasteiger partial charge < -0.3 is 0 Å². The SMILES string of the molecule is Clc1ccc[cH-]1.Clc1ccc[cH-]1.[Ru+2]. The molecule has 0 aliphatic carbocycles. The summed E-state index contributed by atoms with van der Waals surface area (Å²) in [6.45, 7) is 0. The van der Waals surface area contributed by atoms with E-state index in [1.165, 1.54) is 0 Å². The fraction of sp³-hybridized carbons (Fsp3) is 0. The van der Waals surface area contributed by atoms with E-state index >= 15 is 0 Å². The zero-order valence-corrected chi connectivity index (χ0v) is 9.98. The summed E-state index contributed by atoms with van der Waals surface area (Å²) in [6.07, 6.45) is 0. The fourth-order valence-electron chi connectivity index (χ4n) is 0.701. The van der Waals surface area contributed by atoms with Gasteiger partial charge in [0.1, 0.15) is 0 Å². The van der Waals surface area contributed by atoms with Gasteiger partial charge in [0, 0.05) is 0 Å². The predicted molar refractivity (Wildman–Crippen MR) is 54.1 cm³/mol. The van der Waals surface area contributed by atoms with Crippen molar-refractivity contribution in [2.75, 3.05) is 0 Å². The van der Waals surface area contributed by atoms with Crippen LogP contribution in [-0.4, -0.2) is 0 Å². The van der Waals surface area contributed by atoms with Crippen molar-refractivity contribution < 1.29 is 19.5 Å². The van der Waals surface area contributed by atoms with Crippen molar-refractivity contribution in [3.8, 4) is 0 Å². The second-order valence-electron chi connectivity index (χ2n) is 2.21. The molecule has 0 aliphatic heterocycles. The van der Waals surface area contributed by atoms with Crippen LogP contribution in [0.1, 0.15) is 0 Å². The van der Waals surface area contributed by atoms with E-state index in [1.807, 2.05) is 48.5 Å². The van der Waals surface area contributed by atoms with E-state index in [0.717, 1.165) is 10.0 Å². The van der Waals surface area contributed by atoms with Crippen LogP contribution in [0.25, 0.3) is 0 Å². The van der Waals surface area contributed by atoms with Crippen molar-refractivity contribution in [3.05, 3.63) is 58.6 Å². The van der Waals surface area contributed by atoms with Crippen LogP contribution in [0.4, 0.5) is 0 Å². The Hall–Kier alpha value is -0.0966. The van der Waals surface area contributed by atoms with Gasteiger partial charge in [-0.2, -0.15) is 36.4 Å². The molecule has 2 rings (SSSR count). The molecular weight excluding hydrogens is 292 g/mol. The van der Waals surface area contributed by atoms with Gasteiger partial charge in [0.05, 0.1) is 0 Å². The largest absolute Gasteiger partial charge is 2.00 e. The minimum atomic E-state index is 0. The minimum Gasteiger partial charge on any atom is -0.212 e. The second kappa shape index (κ2) is 7.32. The zero-order valence-electron chi connectivity index (χ0n) is 6.73. The molecule has 70 valence electrons. The van der Waals surface area contributed by atoms with E-state index in [0.29, 0.717) is 0 Å². The van der Waals surface area contributed by atoms with E-state index in [1.54, 1.807) is 0 Å². The number of rotatable bonds is 0. The standard InChI is InChI=1S/2C5H4Cl.Ru/c2*6-5-3-1-2-4-5;/h2*1-4H;/q2*-1;+2. The van der Waals surface area contributed by atoms with Gasteiger partial charge in [0.2, 0.25) is 0 Å². The molecule has 0 saturated carbocycles. The molecule has 0 atom stereocenters. The maximum absolute atomic E-state index is 5.46. The normalized spacial score (nSPS) is 8.15. The Kier molecular flexibility index (Phi) is 7.27. The molecule has 0 radical (unpaired) electrons. The molecule has 0 N–H and O–H groups in total. The first-order valence-corrected chi connectivity index (χ1v) is 4.29. The predicted octanol–water partition coefficient (Wildman–Crippen LogP) is 4.12. The quantitative estimate of drug-likeness (QED) is 0.507. The Balaban J connectivity index is 0.000000206. The van der Waals surface area contributed by atoms with E-state index in [9.17, 15) is 0 Å². The topological polar surface area (TPSA) is 0 Å². The van der Waals surface area contributed by atoms with E-state index in [2.05, 4.69) is 0 Å². The van der Waals surface area contributed by atoms with Crippen LogP contribution in [0.3, 0.4) is 0 Å². The molecule has 0 bridgehead atoms. The first-order valence-electron chi connectivity index (χ1n) is 3.53. The van der Waals surface area contributed by atoms with Crippen molar-refractivity contribution in [2.24, 2.45) is 0 Å². The summed E-state index contributed by atoms with van der Waals surface area (Å²) >= 11 is 10.9. The first kappa shape index (κ1) is 12.9. The molecule has 0 aliphatic rings. The van der Waals surface area contributed by atoms with Crippen LogP contribution in [0.2, 0.25) is 10.0 Å². The van der Waals surface area contributed by atoms with Crippen molar-refractivity contribution in [3.63, 3.8) is 0 Å². The van der Waals surface area contributed by atoms with Crippen LogP contribution in [-0.2, 0) is 19.5 Å². The van der Waals surface area contributed by atoms with Gasteiger partial charge in [0.15, 0.2) is 0 Å². The maximum atomic E-state index is 5.46.